The summed E-state index contributed by atoms with van der Waals surface area (Å²) in [4.78, 5) is 13.5. The van der Waals surface area contributed by atoms with Gasteiger partial charge in [-0.15, -0.1) is 0 Å². The van der Waals surface area contributed by atoms with Crippen molar-refractivity contribution in [1.29, 1.82) is 0 Å². The Kier molecular flexibility index (Phi) is 39.5. The van der Waals surface area contributed by atoms with Crippen molar-refractivity contribution in [2.75, 3.05) is 0 Å². The van der Waals surface area contributed by atoms with Crippen LogP contribution in [-0.4, -0.2) is 24.2 Å². The van der Waals surface area contributed by atoms with Crippen molar-refractivity contribution >= 4 is 5.91 Å². The fourth-order valence-corrected chi connectivity index (χ4v) is 9.32. The highest BCUT2D eigenvalue weighted by atomic mass is 16.5. The standard InChI is InChI=1S/C59H103NO3/c1-4-7-9-11-13-15-17-19-20-21-22-23-24-25-26-27-28-29-31-33-35-37-45-51-58(61)60-56(6-3)59(63-53-55-48-42-39-43-49-55)57(62-52-54-46-40-38-41-47-54)50-44-36-34-32-30-18-16-14-12-10-8-5-2/h38-43,46-49,56-57,59H,4-37,44-45,50-53H2,1-3H3,(H,60,61). The number of ether oxygens (including phenoxy) is 2. The Morgan fingerprint density at radius 1 is 0.413 bits per heavy atom. The van der Waals surface area contributed by atoms with Crippen LogP contribution in [0.5, 0.6) is 0 Å². The molecule has 0 bridgehead atoms. The molecule has 3 atom stereocenters. The summed E-state index contributed by atoms with van der Waals surface area (Å²) < 4.78 is 13.6. The Morgan fingerprint density at radius 2 is 0.730 bits per heavy atom. The molecule has 1 N–H and O–H groups in total. The van der Waals surface area contributed by atoms with Gasteiger partial charge in [0.1, 0.15) is 6.10 Å². The topological polar surface area (TPSA) is 47.6 Å². The van der Waals surface area contributed by atoms with Gasteiger partial charge < -0.3 is 14.8 Å². The average molecular weight is 874 g/mol. The van der Waals surface area contributed by atoms with Gasteiger partial charge in [-0.1, -0.05) is 300 Å². The van der Waals surface area contributed by atoms with Crippen LogP contribution in [0.25, 0.3) is 0 Å². The number of hydrogen-bond donors (Lipinski definition) is 1. The summed E-state index contributed by atoms with van der Waals surface area (Å²) in [6.07, 6.45) is 49.8. The van der Waals surface area contributed by atoms with E-state index in [0.29, 0.717) is 19.6 Å². The molecule has 4 nitrogen and oxygen atoms in total. The van der Waals surface area contributed by atoms with Crippen molar-refractivity contribution in [3.05, 3.63) is 71.8 Å². The number of benzene rings is 2. The number of hydrogen-bond acceptors (Lipinski definition) is 3. The Balaban J connectivity index is 1.68. The Hall–Kier alpha value is -2.17. The van der Waals surface area contributed by atoms with Crippen LogP contribution in [0.15, 0.2) is 60.7 Å². The van der Waals surface area contributed by atoms with Crippen LogP contribution in [0.4, 0.5) is 0 Å². The van der Waals surface area contributed by atoms with Gasteiger partial charge in [0.25, 0.3) is 0 Å². The second-order valence-electron chi connectivity index (χ2n) is 19.4. The number of rotatable bonds is 47. The first-order valence-corrected chi connectivity index (χ1v) is 27.8. The van der Waals surface area contributed by atoms with Crippen molar-refractivity contribution in [2.45, 2.75) is 296 Å². The van der Waals surface area contributed by atoms with Crippen molar-refractivity contribution in [3.8, 4) is 0 Å². The van der Waals surface area contributed by atoms with Crippen LogP contribution < -0.4 is 5.32 Å². The molecule has 4 heteroatoms. The fourth-order valence-electron chi connectivity index (χ4n) is 9.32. The van der Waals surface area contributed by atoms with Gasteiger partial charge >= 0.3 is 0 Å². The molecule has 2 rings (SSSR count). The van der Waals surface area contributed by atoms with Crippen LogP contribution in [0.1, 0.15) is 276 Å². The zero-order chi connectivity index (χ0) is 44.9. The average Bonchev–Trinajstić information content (AvgIpc) is 3.31. The molecule has 0 saturated heterocycles. The largest absolute Gasteiger partial charge is 0.371 e. The van der Waals surface area contributed by atoms with Gasteiger partial charge in [-0.05, 0) is 30.4 Å². The summed E-state index contributed by atoms with van der Waals surface area (Å²) in [6.45, 7) is 7.85. The third-order valence-corrected chi connectivity index (χ3v) is 13.5. The lowest BCUT2D eigenvalue weighted by Gasteiger charge is -2.34. The third kappa shape index (κ3) is 33.9. The minimum absolute atomic E-state index is 0.0937. The monoisotopic (exact) mass is 874 g/mol. The fraction of sp³-hybridized carbons (Fsp3) is 0.780. The first-order valence-electron chi connectivity index (χ1n) is 27.8. The van der Waals surface area contributed by atoms with E-state index in [1.54, 1.807) is 0 Å². The smallest absolute Gasteiger partial charge is 0.220 e. The Morgan fingerprint density at radius 3 is 1.08 bits per heavy atom. The molecule has 0 aromatic heterocycles. The summed E-state index contributed by atoms with van der Waals surface area (Å²) >= 11 is 0. The maximum atomic E-state index is 13.5. The molecule has 0 heterocycles. The van der Waals surface area contributed by atoms with Crippen molar-refractivity contribution in [1.82, 2.24) is 5.32 Å². The van der Waals surface area contributed by atoms with Gasteiger partial charge in [-0.3, -0.25) is 4.79 Å². The summed E-state index contributed by atoms with van der Waals surface area (Å²) in [5.41, 5.74) is 2.33. The molecule has 0 spiro atoms. The number of unbranched alkanes of at least 4 members (excludes halogenated alkanes) is 33. The van der Waals surface area contributed by atoms with Crippen LogP contribution >= 0.6 is 0 Å². The quantitative estimate of drug-likeness (QED) is 0.0674. The van der Waals surface area contributed by atoms with Crippen LogP contribution in [0, 0.1) is 0 Å². The van der Waals surface area contributed by atoms with E-state index < -0.39 is 0 Å². The predicted octanol–water partition coefficient (Wildman–Crippen LogP) is 18.5. The lowest BCUT2D eigenvalue weighted by atomic mass is 9.96. The van der Waals surface area contributed by atoms with Crippen LogP contribution in [-0.2, 0) is 27.5 Å². The van der Waals surface area contributed by atoms with E-state index in [2.05, 4.69) is 86.8 Å². The molecule has 0 saturated carbocycles. The van der Waals surface area contributed by atoms with E-state index in [1.165, 1.54) is 211 Å². The van der Waals surface area contributed by atoms with Gasteiger partial charge in [0.05, 0.1) is 25.4 Å². The van der Waals surface area contributed by atoms with E-state index in [-0.39, 0.29) is 24.2 Å². The number of nitrogens with one attached hydrogen (secondary N) is 1. The van der Waals surface area contributed by atoms with E-state index in [9.17, 15) is 4.79 Å². The molecule has 0 aliphatic heterocycles. The van der Waals surface area contributed by atoms with Crippen LogP contribution in [0.3, 0.4) is 0 Å². The lowest BCUT2D eigenvalue weighted by molar-refractivity contribution is -0.128. The highest BCUT2D eigenvalue weighted by molar-refractivity contribution is 5.76. The Bertz CT molecular complexity index is 1220. The Labute approximate surface area is 392 Å². The molecule has 1 amide bonds. The normalized spacial score (nSPS) is 13.0. The predicted molar refractivity (Wildman–Crippen MR) is 274 cm³/mol. The molecule has 0 aliphatic carbocycles. The van der Waals surface area contributed by atoms with Crippen LogP contribution in [0.2, 0.25) is 0 Å². The second-order valence-corrected chi connectivity index (χ2v) is 19.4. The minimum Gasteiger partial charge on any atom is -0.371 e. The molecule has 0 radical (unpaired) electrons. The van der Waals surface area contributed by atoms with E-state index in [4.69, 9.17) is 9.47 Å². The molecule has 3 unspecified atom stereocenters. The number of carbonyl (C=O) groups is 1. The highest BCUT2D eigenvalue weighted by Crippen LogP contribution is 2.23. The molecule has 362 valence electrons. The third-order valence-electron chi connectivity index (χ3n) is 13.5. The van der Waals surface area contributed by atoms with Crippen molar-refractivity contribution in [2.24, 2.45) is 0 Å². The zero-order valence-electron chi connectivity index (χ0n) is 42.0. The second kappa shape index (κ2) is 43.7. The maximum Gasteiger partial charge on any atom is 0.220 e. The first-order chi connectivity index (χ1) is 31.2. The van der Waals surface area contributed by atoms with Gasteiger partial charge in [-0.2, -0.15) is 0 Å². The van der Waals surface area contributed by atoms with Gasteiger partial charge in [-0.25, -0.2) is 0 Å². The molecular formula is C59H103NO3. The van der Waals surface area contributed by atoms with E-state index in [1.807, 2.05) is 0 Å². The summed E-state index contributed by atoms with van der Waals surface area (Å²) in [7, 11) is 0. The SMILES string of the molecule is CCCCCCCCCCCCCCCCCCCCCCCCCC(=O)NC(CC)C(OCc1ccccc1)C(CCCCCCCCCCCCCC)OCc1ccccc1. The first kappa shape index (κ1) is 57.0. The summed E-state index contributed by atoms with van der Waals surface area (Å²) in [5, 5.41) is 3.45. The molecule has 0 fully saturated rings. The molecule has 2 aromatic rings. The van der Waals surface area contributed by atoms with Gasteiger partial charge in [0.2, 0.25) is 5.91 Å². The summed E-state index contributed by atoms with van der Waals surface area (Å²) in [6, 6.07) is 20.9. The molecule has 63 heavy (non-hydrogen) atoms. The summed E-state index contributed by atoms with van der Waals surface area (Å²) in [5.74, 6) is 0.158. The molecule has 2 aromatic carbocycles. The number of carbonyl (C=O) groups excluding carboxylic acids is 1. The molecular weight excluding hydrogens is 771 g/mol. The van der Waals surface area contributed by atoms with Gasteiger partial charge in [0.15, 0.2) is 0 Å². The minimum atomic E-state index is -0.218. The van der Waals surface area contributed by atoms with Gasteiger partial charge in [0, 0.05) is 6.42 Å². The van der Waals surface area contributed by atoms with Crippen molar-refractivity contribution in [3.63, 3.8) is 0 Å². The zero-order valence-corrected chi connectivity index (χ0v) is 42.0. The maximum absolute atomic E-state index is 13.5. The lowest BCUT2D eigenvalue weighted by Crippen LogP contribution is -2.50. The number of amides is 1. The van der Waals surface area contributed by atoms with E-state index >= 15 is 0 Å². The van der Waals surface area contributed by atoms with E-state index in [0.717, 1.165) is 37.7 Å². The van der Waals surface area contributed by atoms with Crippen molar-refractivity contribution < 1.29 is 14.3 Å². The highest BCUT2D eigenvalue weighted by Gasteiger charge is 2.31. The molecule has 0 aliphatic rings.